The molecule has 1 unspecified atom stereocenters. The maximum Gasteiger partial charge on any atom is 0.0981 e. The van der Waals surface area contributed by atoms with E-state index in [1.54, 1.807) is 0 Å². The Kier molecular flexibility index (Phi) is 4.58. The molecule has 2 heterocycles. The lowest BCUT2D eigenvalue weighted by atomic mass is 10.3. The van der Waals surface area contributed by atoms with E-state index in [-0.39, 0.29) is 6.10 Å². The van der Waals surface area contributed by atoms with Gasteiger partial charge in [0.25, 0.3) is 0 Å². The second-order valence-electron chi connectivity index (χ2n) is 3.94. The molecule has 0 saturated carbocycles. The van der Waals surface area contributed by atoms with Gasteiger partial charge in [0.1, 0.15) is 0 Å². The normalized spacial score (nSPS) is 19.9. The third-order valence-corrected chi connectivity index (χ3v) is 2.54. The van der Waals surface area contributed by atoms with Gasteiger partial charge in [-0.3, -0.25) is 4.98 Å². The molecular weight excluding hydrogens is 218 g/mol. The van der Waals surface area contributed by atoms with Crippen molar-refractivity contribution in [3.63, 3.8) is 0 Å². The Morgan fingerprint density at radius 1 is 1.29 bits per heavy atom. The van der Waals surface area contributed by atoms with Crippen LogP contribution in [-0.4, -0.2) is 44.0 Å². The van der Waals surface area contributed by atoms with E-state index in [2.05, 4.69) is 22.5 Å². The molecule has 0 spiro atoms. The first-order valence-corrected chi connectivity index (χ1v) is 6.00. The van der Waals surface area contributed by atoms with Gasteiger partial charge in [0, 0.05) is 13.1 Å². The van der Waals surface area contributed by atoms with Crippen LogP contribution in [0.3, 0.4) is 0 Å². The highest BCUT2D eigenvalue weighted by Gasteiger charge is 2.13. The molecule has 5 nitrogen and oxygen atoms in total. The van der Waals surface area contributed by atoms with E-state index >= 15 is 0 Å². The molecule has 2 N–H and O–H groups in total. The summed E-state index contributed by atoms with van der Waals surface area (Å²) >= 11 is 0. The summed E-state index contributed by atoms with van der Waals surface area (Å²) in [7, 11) is 0. The van der Waals surface area contributed by atoms with Crippen LogP contribution in [0.1, 0.15) is 6.92 Å². The van der Waals surface area contributed by atoms with Gasteiger partial charge in [-0.15, -0.1) is 0 Å². The molecule has 94 valence electrons. The Bertz CT molecular complexity index is 340. The third-order valence-electron chi connectivity index (χ3n) is 2.54. The lowest BCUT2D eigenvalue weighted by Gasteiger charge is -2.23. The molecule has 1 aliphatic heterocycles. The van der Waals surface area contributed by atoms with Crippen LogP contribution in [0.2, 0.25) is 0 Å². The minimum atomic E-state index is 0.131. The van der Waals surface area contributed by atoms with E-state index in [1.807, 2.05) is 18.5 Å². The molecule has 1 aromatic rings. The molecule has 17 heavy (non-hydrogen) atoms. The van der Waals surface area contributed by atoms with Gasteiger partial charge in [0.15, 0.2) is 0 Å². The maximum atomic E-state index is 5.55. The van der Waals surface area contributed by atoms with E-state index in [4.69, 9.17) is 9.47 Å². The van der Waals surface area contributed by atoms with Crippen LogP contribution < -0.4 is 10.6 Å². The fraction of sp³-hybridized carbons (Fsp3) is 0.583. The van der Waals surface area contributed by atoms with Crippen molar-refractivity contribution in [3.8, 4) is 0 Å². The zero-order valence-corrected chi connectivity index (χ0v) is 10.1. The lowest BCUT2D eigenvalue weighted by Crippen LogP contribution is -2.34. The average Bonchev–Trinajstić information content (AvgIpc) is 2.39. The number of aromatic nitrogens is 1. The molecule has 0 radical (unpaired) electrons. The minimum Gasteiger partial charge on any atom is -0.384 e. The Balaban J connectivity index is 1.83. The largest absolute Gasteiger partial charge is 0.384 e. The van der Waals surface area contributed by atoms with Crippen LogP contribution in [0.4, 0.5) is 11.4 Å². The summed E-state index contributed by atoms with van der Waals surface area (Å²) < 4.78 is 10.9. The van der Waals surface area contributed by atoms with Crippen molar-refractivity contribution in [1.82, 2.24) is 4.98 Å². The van der Waals surface area contributed by atoms with Crippen molar-refractivity contribution in [2.45, 2.75) is 13.0 Å². The summed E-state index contributed by atoms with van der Waals surface area (Å²) in [5.41, 5.74) is 2.02. The molecule has 2 rings (SSSR count). The standard InChI is InChI=1S/C12H19N3O2/c1-2-14-10-5-11(7-13-6-10)15-8-12-9-16-3-4-17-12/h5-7,12,14-15H,2-4,8-9H2,1H3. The second-order valence-corrected chi connectivity index (χ2v) is 3.94. The molecule has 0 aromatic carbocycles. The SMILES string of the molecule is CCNc1cncc(NCC2COCCO2)c1. The number of pyridine rings is 1. The fourth-order valence-corrected chi connectivity index (χ4v) is 1.72. The second kappa shape index (κ2) is 6.42. The maximum absolute atomic E-state index is 5.55. The van der Waals surface area contributed by atoms with E-state index in [1.165, 1.54) is 0 Å². The van der Waals surface area contributed by atoms with Crippen LogP contribution in [0, 0.1) is 0 Å². The van der Waals surface area contributed by atoms with Gasteiger partial charge in [-0.05, 0) is 13.0 Å². The summed E-state index contributed by atoms with van der Waals surface area (Å²) in [6.07, 6.45) is 3.76. The molecule has 1 fully saturated rings. The minimum absolute atomic E-state index is 0.131. The van der Waals surface area contributed by atoms with Gasteiger partial charge >= 0.3 is 0 Å². The average molecular weight is 237 g/mol. The highest BCUT2D eigenvalue weighted by Crippen LogP contribution is 2.13. The van der Waals surface area contributed by atoms with E-state index in [9.17, 15) is 0 Å². The molecular formula is C12H19N3O2. The highest BCUT2D eigenvalue weighted by molar-refractivity contribution is 5.53. The number of rotatable bonds is 5. The van der Waals surface area contributed by atoms with Crippen LogP contribution in [0.5, 0.6) is 0 Å². The number of hydrogen-bond acceptors (Lipinski definition) is 5. The third kappa shape index (κ3) is 3.87. The molecule has 0 amide bonds. The summed E-state index contributed by atoms with van der Waals surface area (Å²) in [6, 6.07) is 2.04. The topological polar surface area (TPSA) is 55.4 Å². The van der Waals surface area contributed by atoms with Gasteiger partial charge < -0.3 is 20.1 Å². The van der Waals surface area contributed by atoms with Crippen LogP contribution in [-0.2, 0) is 9.47 Å². The van der Waals surface area contributed by atoms with E-state index in [0.717, 1.165) is 24.5 Å². The van der Waals surface area contributed by atoms with E-state index in [0.29, 0.717) is 19.8 Å². The smallest absolute Gasteiger partial charge is 0.0981 e. The first-order valence-electron chi connectivity index (χ1n) is 6.00. The Labute approximate surface area is 102 Å². The number of hydrogen-bond donors (Lipinski definition) is 2. The number of ether oxygens (including phenoxy) is 2. The molecule has 1 saturated heterocycles. The predicted molar refractivity (Wildman–Crippen MR) is 67.4 cm³/mol. The summed E-state index contributed by atoms with van der Waals surface area (Å²) in [4.78, 5) is 4.17. The highest BCUT2D eigenvalue weighted by atomic mass is 16.6. The van der Waals surface area contributed by atoms with Crippen molar-refractivity contribution in [1.29, 1.82) is 0 Å². The molecule has 1 aliphatic rings. The zero-order valence-electron chi connectivity index (χ0n) is 10.1. The quantitative estimate of drug-likeness (QED) is 0.809. The first-order chi connectivity index (χ1) is 8.38. The molecule has 0 bridgehead atoms. The van der Waals surface area contributed by atoms with Gasteiger partial charge in [0.05, 0.1) is 49.7 Å². The van der Waals surface area contributed by atoms with Crippen molar-refractivity contribution < 1.29 is 9.47 Å². The summed E-state index contributed by atoms with van der Waals surface area (Å²) in [5.74, 6) is 0. The monoisotopic (exact) mass is 237 g/mol. The summed E-state index contributed by atoms with van der Waals surface area (Å²) in [6.45, 7) is 5.75. The van der Waals surface area contributed by atoms with E-state index < -0.39 is 0 Å². The fourth-order valence-electron chi connectivity index (χ4n) is 1.72. The molecule has 0 aliphatic carbocycles. The molecule has 1 aromatic heterocycles. The van der Waals surface area contributed by atoms with Gasteiger partial charge in [-0.2, -0.15) is 0 Å². The zero-order chi connectivity index (χ0) is 11.9. The predicted octanol–water partition coefficient (Wildman–Crippen LogP) is 1.34. The lowest BCUT2D eigenvalue weighted by molar-refractivity contribution is -0.0818. The van der Waals surface area contributed by atoms with Gasteiger partial charge in [-0.1, -0.05) is 0 Å². The van der Waals surface area contributed by atoms with Gasteiger partial charge in [-0.25, -0.2) is 0 Å². The Morgan fingerprint density at radius 2 is 2.12 bits per heavy atom. The first kappa shape index (κ1) is 12.1. The van der Waals surface area contributed by atoms with Gasteiger partial charge in [0.2, 0.25) is 0 Å². The van der Waals surface area contributed by atoms with Crippen LogP contribution in [0.15, 0.2) is 18.5 Å². The van der Waals surface area contributed by atoms with Crippen LogP contribution >= 0.6 is 0 Å². The number of nitrogens with one attached hydrogen (secondary N) is 2. The number of nitrogens with zero attached hydrogens (tertiary/aromatic N) is 1. The van der Waals surface area contributed by atoms with Crippen LogP contribution in [0.25, 0.3) is 0 Å². The van der Waals surface area contributed by atoms with Crippen molar-refractivity contribution >= 4 is 11.4 Å². The van der Waals surface area contributed by atoms with Crippen molar-refractivity contribution in [2.24, 2.45) is 0 Å². The van der Waals surface area contributed by atoms with Crippen molar-refractivity contribution in [3.05, 3.63) is 18.5 Å². The summed E-state index contributed by atoms with van der Waals surface area (Å²) in [5, 5.41) is 6.53. The van der Waals surface area contributed by atoms with Crippen molar-refractivity contribution in [2.75, 3.05) is 43.5 Å². The molecule has 1 atom stereocenters. The number of anilines is 2. The Hall–Kier alpha value is -1.33. The molecule has 5 heteroatoms. The Morgan fingerprint density at radius 3 is 2.82 bits per heavy atom.